The van der Waals surface area contributed by atoms with Crippen LogP contribution in [0.15, 0.2) is 113 Å². The van der Waals surface area contributed by atoms with Gasteiger partial charge in [-0.2, -0.15) is 0 Å². The summed E-state index contributed by atoms with van der Waals surface area (Å²) in [7, 11) is -8.54. The summed E-state index contributed by atoms with van der Waals surface area (Å²) in [6.07, 6.45) is 13.6. The molecule has 0 unspecified atom stereocenters. The molecule has 0 aliphatic rings. The van der Waals surface area contributed by atoms with Gasteiger partial charge in [0.15, 0.2) is 24.8 Å². The number of nitrogens with zero attached hydrogens (tertiary/aromatic N) is 2. The Morgan fingerprint density at radius 1 is 0.512 bits per heavy atom. The van der Waals surface area contributed by atoms with Gasteiger partial charge in [-0.25, -0.2) is 26.0 Å². The second-order valence-electron chi connectivity index (χ2n) is 9.97. The van der Waals surface area contributed by atoms with E-state index in [9.17, 15) is 25.9 Å². The molecule has 0 amide bonds. The first-order chi connectivity index (χ1) is 20.3. The first kappa shape index (κ1) is 37.6. The maximum Gasteiger partial charge on any atom is 0.169 e. The monoisotopic (exact) mass is 628 g/mol. The first-order valence-electron chi connectivity index (χ1n) is 14.2. The lowest BCUT2D eigenvalue weighted by Gasteiger charge is -2.05. The van der Waals surface area contributed by atoms with Crippen molar-refractivity contribution in [2.75, 3.05) is 0 Å². The predicted molar refractivity (Wildman–Crippen MR) is 166 cm³/mol. The van der Waals surface area contributed by atoms with E-state index >= 15 is 0 Å². The van der Waals surface area contributed by atoms with Gasteiger partial charge in [-0.3, -0.25) is 0 Å². The zero-order valence-electron chi connectivity index (χ0n) is 25.7. The summed E-state index contributed by atoms with van der Waals surface area (Å²) >= 11 is 0. The fourth-order valence-corrected chi connectivity index (χ4v) is 4.29. The van der Waals surface area contributed by atoms with Crippen molar-refractivity contribution < 1.29 is 35.1 Å². The Labute approximate surface area is 258 Å². The highest BCUT2D eigenvalue weighted by Crippen LogP contribution is 2.09. The van der Waals surface area contributed by atoms with Crippen molar-refractivity contribution in [1.29, 1.82) is 0 Å². The SMILES string of the molecule is CCCC[n+]1ccc(C)cc1.CCCC[n+]1ccccc1.Cc1ccc(S(=O)(=O)[O-])cc1.Cc1ccc(S(=O)(=O)[O-])cc1. The van der Waals surface area contributed by atoms with Crippen LogP contribution in [0.5, 0.6) is 0 Å². The minimum Gasteiger partial charge on any atom is -0.744 e. The maximum atomic E-state index is 10.4. The van der Waals surface area contributed by atoms with Gasteiger partial charge in [-0.05, 0) is 50.6 Å². The van der Waals surface area contributed by atoms with E-state index in [1.54, 1.807) is 24.3 Å². The third-order valence-corrected chi connectivity index (χ3v) is 7.69. The van der Waals surface area contributed by atoms with Crippen molar-refractivity contribution >= 4 is 20.2 Å². The van der Waals surface area contributed by atoms with Crippen LogP contribution < -0.4 is 9.13 Å². The number of hydrogen-bond acceptors (Lipinski definition) is 6. The van der Waals surface area contributed by atoms with E-state index in [0.717, 1.165) is 24.2 Å². The fourth-order valence-electron chi connectivity index (χ4n) is 3.36. The molecule has 10 heteroatoms. The van der Waals surface area contributed by atoms with E-state index in [0.29, 0.717) is 0 Å². The molecular weight excluding hydrogens is 585 g/mol. The zero-order valence-corrected chi connectivity index (χ0v) is 27.4. The van der Waals surface area contributed by atoms with Gasteiger partial charge in [0.05, 0.1) is 9.79 Å². The van der Waals surface area contributed by atoms with Crippen LogP contribution in [0.3, 0.4) is 0 Å². The smallest absolute Gasteiger partial charge is 0.169 e. The number of aromatic nitrogens is 2. The molecule has 2 aromatic carbocycles. The number of aryl methyl sites for hydroxylation is 5. The standard InChI is InChI=1S/C10H16N.C9H14N.2C7H8O3S/c1-3-4-7-11-8-5-10(2)6-9-11;1-2-3-7-10-8-5-4-6-9-10;2*1-6-2-4-7(5-3-6)11(8,9)10/h5-6,8-9H,3-4,7H2,1-2H3;4-6,8-9H,2-3,7H2,1H3;2*2-5H,1H3,(H,8,9,10)/q2*+1;;/p-2. The Morgan fingerprint density at radius 2 is 0.837 bits per heavy atom. The Balaban J connectivity index is 0.000000287. The highest BCUT2D eigenvalue weighted by molar-refractivity contribution is 7.86. The van der Waals surface area contributed by atoms with E-state index in [1.165, 1.54) is 55.5 Å². The second kappa shape index (κ2) is 19.7. The van der Waals surface area contributed by atoms with Gasteiger partial charge in [-0.15, -0.1) is 0 Å². The average Bonchev–Trinajstić information content (AvgIpc) is 2.97. The molecule has 0 N–H and O–H groups in total. The van der Waals surface area contributed by atoms with Crippen LogP contribution in [0.4, 0.5) is 0 Å². The van der Waals surface area contributed by atoms with Gasteiger partial charge in [0.2, 0.25) is 0 Å². The third-order valence-electron chi connectivity index (χ3n) is 5.99. The first-order valence-corrected chi connectivity index (χ1v) is 17.0. The lowest BCUT2D eigenvalue weighted by molar-refractivity contribution is -0.697. The van der Waals surface area contributed by atoms with Crippen molar-refractivity contribution in [3.8, 4) is 0 Å². The van der Waals surface area contributed by atoms with Crippen molar-refractivity contribution in [2.45, 2.75) is 83.2 Å². The molecule has 0 aliphatic carbocycles. The molecular formula is C33H44N2O6S2. The lowest BCUT2D eigenvalue weighted by Crippen LogP contribution is -2.32. The van der Waals surface area contributed by atoms with Crippen LogP contribution in [0, 0.1) is 20.8 Å². The van der Waals surface area contributed by atoms with Gasteiger partial charge < -0.3 is 9.11 Å². The van der Waals surface area contributed by atoms with Crippen molar-refractivity contribution in [2.24, 2.45) is 0 Å². The van der Waals surface area contributed by atoms with Crippen LogP contribution in [-0.4, -0.2) is 25.9 Å². The van der Waals surface area contributed by atoms with E-state index in [2.05, 4.69) is 79.0 Å². The molecule has 234 valence electrons. The molecule has 0 radical (unpaired) electrons. The summed E-state index contributed by atoms with van der Waals surface area (Å²) in [5.74, 6) is 0. The summed E-state index contributed by atoms with van der Waals surface area (Å²) < 4.78 is 66.8. The highest BCUT2D eigenvalue weighted by atomic mass is 32.2. The van der Waals surface area contributed by atoms with E-state index in [4.69, 9.17) is 0 Å². The van der Waals surface area contributed by atoms with E-state index in [1.807, 2.05) is 19.9 Å². The summed E-state index contributed by atoms with van der Waals surface area (Å²) in [4.78, 5) is -0.355. The van der Waals surface area contributed by atoms with Gasteiger partial charge in [-0.1, -0.05) is 68.1 Å². The Hall–Kier alpha value is -3.44. The molecule has 0 bridgehead atoms. The average molecular weight is 629 g/mol. The van der Waals surface area contributed by atoms with Gasteiger partial charge in [0.1, 0.15) is 33.3 Å². The number of benzene rings is 2. The summed E-state index contributed by atoms with van der Waals surface area (Å²) in [6.45, 7) is 12.5. The molecule has 0 saturated heterocycles. The summed E-state index contributed by atoms with van der Waals surface area (Å²) in [5, 5.41) is 0. The maximum absolute atomic E-state index is 10.4. The van der Waals surface area contributed by atoms with E-state index < -0.39 is 20.2 Å². The Bertz CT molecular complexity index is 1450. The minimum absolute atomic E-state index is 0.178. The Kier molecular flexibility index (Phi) is 17.2. The predicted octanol–water partition coefficient (Wildman–Crippen LogP) is 5.66. The molecule has 2 heterocycles. The van der Waals surface area contributed by atoms with Crippen LogP contribution in [0.2, 0.25) is 0 Å². The van der Waals surface area contributed by atoms with Crippen LogP contribution in [0.25, 0.3) is 0 Å². The zero-order chi connectivity index (χ0) is 32.3. The number of hydrogen-bond donors (Lipinski definition) is 0. The van der Waals surface area contributed by atoms with Crippen molar-refractivity contribution in [3.63, 3.8) is 0 Å². The minimum atomic E-state index is -4.27. The molecule has 0 spiro atoms. The van der Waals surface area contributed by atoms with Crippen molar-refractivity contribution in [3.05, 3.63) is 120 Å². The summed E-state index contributed by atoms with van der Waals surface area (Å²) in [6, 6.07) is 22.0. The topological polar surface area (TPSA) is 122 Å². The molecule has 2 aromatic heterocycles. The van der Waals surface area contributed by atoms with Crippen molar-refractivity contribution in [1.82, 2.24) is 0 Å². The van der Waals surface area contributed by atoms with Crippen LogP contribution >= 0.6 is 0 Å². The third kappa shape index (κ3) is 17.3. The van der Waals surface area contributed by atoms with E-state index in [-0.39, 0.29) is 9.79 Å². The molecule has 4 rings (SSSR count). The Morgan fingerprint density at radius 3 is 1.16 bits per heavy atom. The number of pyridine rings is 2. The quantitative estimate of drug-likeness (QED) is 0.183. The molecule has 0 saturated carbocycles. The van der Waals surface area contributed by atoms with Crippen LogP contribution in [0.1, 0.15) is 56.2 Å². The highest BCUT2D eigenvalue weighted by Gasteiger charge is 1.99. The van der Waals surface area contributed by atoms with Gasteiger partial charge in [0, 0.05) is 37.1 Å². The second-order valence-corrected chi connectivity index (χ2v) is 12.7. The van der Waals surface area contributed by atoms with Gasteiger partial charge >= 0.3 is 0 Å². The summed E-state index contributed by atoms with van der Waals surface area (Å²) in [5.41, 5.74) is 3.19. The molecule has 0 fully saturated rings. The largest absolute Gasteiger partial charge is 0.744 e. The van der Waals surface area contributed by atoms with Crippen LogP contribution in [-0.2, 0) is 33.3 Å². The normalized spacial score (nSPS) is 10.7. The number of unbranched alkanes of at least 4 members (excludes halogenated alkanes) is 2. The molecule has 4 aromatic rings. The fraction of sp³-hybridized carbons (Fsp3) is 0.333. The van der Waals surface area contributed by atoms with Gasteiger partial charge in [0.25, 0.3) is 0 Å². The lowest BCUT2D eigenvalue weighted by atomic mass is 10.2. The molecule has 0 atom stereocenters. The molecule has 8 nitrogen and oxygen atoms in total. The molecule has 43 heavy (non-hydrogen) atoms. The number of rotatable bonds is 8. The molecule has 0 aliphatic heterocycles.